The fourth-order valence-electron chi connectivity index (χ4n) is 1.35. The summed E-state index contributed by atoms with van der Waals surface area (Å²) in [7, 11) is 0. The second-order valence-corrected chi connectivity index (χ2v) is 2.96. The van der Waals surface area contributed by atoms with Crippen molar-refractivity contribution < 1.29 is 0 Å². The molecule has 0 saturated heterocycles. The molecule has 0 aromatic rings. The van der Waals surface area contributed by atoms with E-state index in [0.717, 1.165) is 13.0 Å². The van der Waals surface area contributed by atoms with Gasteiger partial charge in [-0.25, -0.2) is 0 Å². The summed E-state index contributed by atoms with van der Waals surface area (Å²) in [6.07, 6.45) is 3.33. The summed E-state index contributed by atoms with van der Waals surface area (Å²) in [4.78, 5) is 4.38. The van der Waals surface area contributed by atoms with E-state index in [1.807, 2.05) is 0 Å². The van der Waals surface area contributed by atoms with Gasteiger partial charge in [-0.2, -0.15) is 0 Å². The summed E-state index contributed by atoms with van der Waals surface area (Å²) in [6.45, 7) is 7.53. The van der Waals surface area contributed by atoms with Crippen LogP contribution < -0.4 is 0 Å². The van der Waals surface area contributed by atoms with Crippen molar-refractivity contribution in [3.8, 4) is 0 Å². The lowest BCUT2D eigenvalue weighted by Crippen LogP contribution is -2.03. The van der Waals surface area contributed by atoms with Crippen LogP contribution in [0, 0.1) is 5.92 Å². The normalized spacial score (nSPS) is 17.6. The van der Waals surface area contributed by atoms with E-state index in [4.69, 9.17) is 0 Å². The molecule has 1 nitrogen and oxygen atoms in total. The molecule has 56 valence electrons. The maximum atomic E-state index is 4.38. The maximum Gasteiger partial charge on any atom is 0.0580 e. The SMILES string of the molecule is CCC1=NCC=C1C(C)C. The highest BCUT2D eigenvalue weighted by atomic mass is 14.8. The molecule has 0 aliphatic carbocycles. The second-order valence-electron chi connectivity index (χ2n) is 2.96. The van der Waals surface area contributed by atoms with Crippen molar-refractivity contribution in [3.63, 3.8) is 0 Å². The zero-order chi connectivity index (χ0) is 7.56. The van der Waals surface area contributed by atoms with Crippen LogP contribution in [-0.4, -0.2) is 12.3 Å². The molecule has 1 rings (SSSR count). The van der Waals surface area contributed by atoms with Crippen molar-refractivity contribution in [2.24, 2.45) is 10.9 Å². The highest BCUT2D eigenvalue weighted by Gasteiger charge is 2.11. The summed E-state index contributed by atoms with van der Waals surface area (Å²) < 4.78 is 0. The third-order valence-corrected chi connectivity index (χ3v) is 1.88. The number of nitrogens with zero attached hydrogens (tertiary/aromatic N) is 1. The first-order chi connectivity index (χ1) is 4.75. The van der Waals surface area contributed by atoms with Gasteiger partial charge in [0, 0.05) is 5.71 Å². The van der Waals surface area contributed by atoms with Gasteiger partial charge in [0.25, 0.3) is 0 Å². The average Bonchev–Trinajstić information content (AvgIpc) is 2.33. The molecule has 1 heterocycles. The van der Waals surface area contributed by atoms with E-state index in [1.54, 1.807) is 0 Å². The van der Waals surface area contributed by atoms with Crippen molar-refractivity contribution in [1.29, 1.82) is 0 Å². The van der Waals surface area contributed by atoms with Crippen LogP contribution >= 0.6 is 0 Å². The summed E-state index contributed by atoms with van der Waals surface area (Å²) in [5.41, 5.74) is 2.78. The zero-order valence-corrected chi connectivity index (χ0v) is 7.02. The lowest BCUT2D eigenvalue weighted by Gasteiger charge is -2.07. The average molecular weight is 137 g/mol. The van der Waals surface area contributed by atoms with E-state index < -0.39 is 0 Å². The zero-order valence-electron chi connectivity index (χ0n) is 7.02. The molecular weight excluding hydrogens is 122 g/mol. The lowest BCUT2D eigenvalue weighted by molar-refractivity contribution is 0.801. The van der Waals surface area contributed by atoms with E-state index in [0.29, 0.717) is 5.92 Å². The van der Waals surface area contributed by atoms with Gasteiger partial charge in [-0.15, -0.1) is 0 Å². The Morgan fingerprint density at radius 3 is 2.70 bits per heavy atom. The fourth-order valence-corrected chi connectivity index (χ4v) is 1.35. The Morgan fingerprint density at radius 1 is 1.60 bits per heavy atom. The molecule has 0 N–H and O–H groups in total. The van der Waals surface area contributed by atoms with E-state index in [-0.39, 0.29) is 0 Å². The number of hydrogen-bond donors (Lipinski definition) is 0. The van der Waals surface area contributed by atoms with Gasteiger partial charge in [0.2, 0.25) is 0 Å². The van der Waals surface area contributed by atoms with Gasteiger partial charge in [-0.05, 0) is 17.9 Å². The van der Waals surface area contributed by atoms with E-state index in [1.165, 1.54) is 11.3 Å². The largest absolute Gasteiger partial charge is 0.285 e. The maximum absolute atomic E-state index is 4.38. The van der Waals surface area contributed by atoms with Crippen molar-refractivity contribution >= 4 is 5.71 Å². The molecule has 0 spiro atoms. The molecule has 1 aliphatic heterocycles. The summed E-state index contributed by atoms with van der Waals surface area (Å²) in [5.74, 6) is 0.654. The van der Waals surface area contributed by atoms with Crippen LogP contribution in [0.1, 0.15) is 27.2 Å². The Labute approximate surface area is 62.9 Å². The number of rotatable bonds is 2. The highest BCUT2D eigenvalue weighted by molar-refractivity contribution is 6.01. The van der Waals surface area contributed by atoms with Crippen LogP contribution in [0.25, 0.3) is 0 Å². The standard InChI is InChI=1S/C9H15N/c1-4-9-8(7(2)3)5-6-10-9/h5,7H,4,6H2,1-3H3. The van der Waals surface area contributed by atoms with E-state index >= 15 is 0 Å². The smallest absolute Gasteiger partial charge is 0.0580 e. The Hall–Kier alpha value is -0.590. The van der Waals surface area contributed by atoms with Crippen LogP contribution in [0.4, 0.5) is 0 Å². The minimum Gasteiger partial charge on any atom is -0.285 e. The van der Waals surface area contributed by atoms with Crippen LogP contribution in [0.3, 0.4) is 0 Å². The molecule has 0 aromatic carbocycles. The third kappa shape index (κ3) is 1.28. The number of aliphatic imine (C=N–C) groups is 1. The number of hydrogen-bond acceptors (Lipinski definition) is 1. The van der Waals surface area contributed by atoms with Crippen LogP contribution in [0.5, 0.6) is 0 Å². The molecule has 0 bridgehead atoms. The Morgan fingerprint density at radius 2 is 2.30 bits per heavy atom. The predicted octanol–water partition coefficient (Wildman–Crippen LogP) is 2.43. The van der Waals surface area contributed by atoms with Gasteiger partial charge in [-0.3, -0.25) is 4.99 Å². The fraction of sp³-hybridized carbons (Fsp3) is 0.667. The molecule has 0 atom stereocenters. The van der Waals surface area contributed by atoms with Crippen LogP contribution in [0.15, 0.2) is 16.6 Å². The Bertz CT molecular complexity index is 175. The first-order valence-electron chi connectivity index (χ1n) is 3.99. The van der Waals surface area contributed by atoms with E-state index in [2.05, 4.69) is 31.8 Å². The summed E-state index contributed by atoms with van der Waals surface area (Å²) in [5, 5.41) is 0. The van der Waals surface area contributed by atoms with Crippen LogP contribution in [-0.2, 0) is 0 Å². The quantitative estimate of drug-likeness (QED) is 0.554. The molecule has 0 unspecified atom stereocenters. The second kappa shape index (κ2) is 3.00. The van der Waals surface area contributed by atoms with E-state index in [9.17, 15) is 0 Å². The molecule has 0 fully saturated rings. The van der Waals surface area contributed by atoms with Gasteiger partial charge in [-0.1, -0.05) is 26.8 Å². The molecule has 0 saturated carbocycles. The number of allylic oxidation sites excluding steroid dienone is 1. The summed E-state index contributed by atoms with van der Waals surface area (Å²) in [6, 6.07) is 0. The van der Waals surface area contributed by atoms with Crippen LogP contribution in [0.2, 0.25) is 0 Å². The molecule has 0 radical (unpaired) electrons. The van der Waals surface area contributed by atoms with Crippen molar-refractivity contribution in [2.75, 3.05) is 6.54 Å². The molecular formula is C9H15N. The van der Waals surface area contributed by atoms with Gasteiger partial charge >= 0.3 is 0 Å². The molecule has 0 aromatic heterocycles. The van der Waals surface area contributed by atoms with Crippen molar-refractivity contribution in [2.45, 2.75) is 27.2 Å². The summed E-state index contributed by atoms with van der Waals surface area (Å²) >= 11 is 0. The first-order valence-corrected chi connectivity index (χ1v) is 3.99. The molecule has 0 amide bonds. The van der Waals surface area contributed by atoms with Gasteiger partial charge in [0.05, 0.1) is 6.54 Å². The molecule has 10 heavy (non-hydrogen) atoms. The lowest BCUT2D eigenvalue weighted by atomic mass is 9.98. The topological polar surface area (TPSA) is 12.4 Å². The third-order valence-electron chi connectivity index (χ3n) is 1.88. The Kier molecular flexibility index (Phi) is 2.25. The van der Waals surface area contributed by atoms with Gasteiger partial charge < -0.3 is 0 Å². The minimum atomic E-state index is 0.654. The van der Waals surface area contributed by atoms with Crippen molar-refractivity contribution in [1.82, 2.24) is 0 Å². The minimum absolute atomic E-state index is 0.654. The van der Waals surface area contributed by atoms with Gasteiger partial charge in [0.15, 0.2) is 0 Å². The highest BCUT2D eigenvalue weighted by Crippen LogP contribution is 2.17. The van der Waals surface area contributed by atoms with Crippen molar-refractivity contribution in [3.05, 3.63) is 11.6 Å². The van der Waals surface area contributed by atoms with Gasteiger partial charge in [0.1, 0.15) is 0 Å². The Balaban J connectivity index is 2.69. The molecule has 1 heteroatoms. The first kappa shape index (κ1) is 7.52. The predicted molar refractivity (Wildman–Crippen MR) is 45.5 cm³/mol. The monoisotopic (exact) mass is 137 g/mol. The molecule has 1 aliphatic rings.